The normalized spacial score (nSPS) is 16.7. The number of aliphatic hydroxyl groups excluding tert-OH is 1. The van der Waals surface area contributed by atoms with Gasteiger partial charge >= 0.3 is 12.1 Å². The third kappa shape index (κ3) is 4.21. The van der Waals surface area contributed by atoms with E-state index in [1.54, 1.807) is 6.92 Å². The minimum absolute atomic E-state index is 0.0201. The third-order valence-electron chi connectivity index (χ3n) is 3.36. The Morgan fingerprint density at radius 3 is 2.65 bits per heavy atom. The van der Waals surface area contributed by atoms with Gasteiger partial charge in [0.15, 0.2) is 0 Å². The first-order valence-electron chi connectivity index (χ1n) is 7.04. The summed E-state index contributed by atoms with van der Waals surface area (Å²) < 4.78 is 23.5. The molecule has 0 radical (unpaired) electrons. The Hall–Kier alpha value is -1.65. The predicted octanol–water partition coefficient (Wildman–Crippen LogP) is 0.751. The van der Waals surface area contributed by atoms with Crippen LogP contribution in [0, 0.1) is 0 Å². The Morgan fingerprint density at radius 2 is 2.13 bits per heavy atom. The zero-order valence-corrected chi connectivity index (χ0v) is 14.5. The van der Waals surface area contributed by atoms with Crippen molar-refractivity contribution in [3.05, 3.63) is 21.9 Å². The van der Waals surface area contributed by atoms with E-state index in [0.717, 1.165) is 20.9 Å². The maximum Gasteiger partial charge on any atom is 0.341 e. The van der Waals surface area contributed by atoms with Crippen molar-refractivity contribution in [3.8, 4) is 0 Å². The summed E-state index contributed by atoms with van der Waals surface area (Å²) in [6, 6.07) is 2.29. The second-order valence-electron chi connectivity index (χ2n) is 5.23. The highest BCUT2D eigenvalue weighted by Crippen LogP contribution is 2.23. The van der Waals surface area contributed by atoms with Crippen molar-refractivity contribution in [2.75, 3.05) is 25.9 Å². The molecule has 1 aromatic heterocycles. The van der Waals surface area contributed by atoms with Crippen LogP contribution in [0.5, 0.6) is 0 Å². The molecule has 0 bridgehead atoms. The Labute approximate surface area is 138 Å². The first-order chi connectivity index (χ1) is 10.7. The molecule has 1 aliphatic rings. The van der Waals surface area contributed by atoms with E-state index in [9.17, 15) is 23.1 Å². The number of hydrogen-bond donors (Lipinski definition) is 2. The molecule has 1 fully saturated rings. The lowest BCUT2D eigenvalue weighted by atomic mass is 10.3. The Kier molecular flexibility index (Phi) is 5.27. The van der Waals surface area contributed by atoms with E-state index in [1.807, 2.05) is 12.1 Å². The van der Waals surface area contributed by atoms with E-state index in [0.29, 0.717) is 17.3 Å². The largest absolute Gasteiger partial charge is 0.388 e. The number of hydrogen-bond acceptors (Lipinski definition) is 6. The van der Waals surface area contributed by atoms with Gasteiger partial charge in [0.2, 0.25) is 10.0 Å². The summed E-state index contributed by atoms with van der Waals surface area (Å²) in [5.41, 5.74) is 0. The molecule has 1 aliphatic heterocycles. The van der Waals surface area contributed by atoms with Gasteiger partial charge in [-0.05, 0) is 25.5 Å². The van der Waals surface area contributed by atoms with Gasteiger partial charge in [-0.2, -0.15) is 0 Å². The number of carbonyl (C=O) groups excluding carboxylic acids is 2. The summed E-state index contributed by atoms with van der Waals surface area (Å²) in [5.74, 6) is 0. The number of carbonyl (C=O) groups is 2. The fourth-order valence-corrected chi connectivity index (χ4v) is 3.90. The molecular weight excluding hydrogens is 342 g/mol. The maximum atomic E-state index is 12.0. The average molecular weight is 361 g/mol. The molecule has 1 aromatic rings. The molecule has 8 nitrogen and oxygen atoms in total. The predicted molar refractivity (Wildman–Crippen MR) is 85.7 cm³/mol. The second kappa shape index (κ2) is 6.85. The lowest BCUT2D eigenvalue weighted by Gasteiger charge is -2.16. The Balaban J connectivity index is 1.84. The summed E-state index contributed by atoms with van der Waals surface area (Å²) in [5, 5.41) is 12.1. The number of nitrogens with zero attached hydrogens (tertiary/aromatic N) is 2. The fourth-order valence-electron chi connectivity index (χ4n) is 2.15. The van der Waals surface area contributed by atoms with Crippen LogP contribution >= 0.6 is 11.3 Å². The summed E-state index contributed by atoms with van der Waals surface area (Å²) in [7, 11) is -3.65. The van der Waals surface area contributed by atoms with Gasteiger partial charge in [0, 0.05) is 16.3 Å². The minimum Gasteiger partial charge on any atom is -0.388 e. The standard InChI is InChI=1S/C13H19N3O5S2/c1-9(17)11-4-3-10(22-11)5-6-14-12(18)15-7-8-16(13(15)19)23(2,20)21/h3-4,9,17H,5-8H2,1-2H3,(H,14,18)/t9-/m1/s1. The lowest BCUT2D eigenvalue weighted by molar-refractivity contribution is 0.194. The van der Waals surface area contributed by atoms with Crippen LogP contribution in [-0.4, -0.2) is 60.7 Å². The van der Waals surface area contributed by atoms with Crippen molar-refractivity contribution in [1.29, 1.82) is 0 Å². The van der Waals surface area contributed by atoms with E-state index in [4.69, 9.17) is 0 Å². The quantitative estimate of drug-likeness (QED) is 0.805. The number of rotatable bonds is 5. The van der Waals surface area contributed by atoms with Crippen LogP contribution < -0.4 is 5.32 Å². The molecule has 4 amide bonds. The summed E-state index contributed by atoms with van der Waals surface area (Å²) in [6.07, 6.45) is 0.983. The second-order valence-corrected chi connectivity index (χ2v) is 8.34. The highest BCUT2D eigenvalue weighted by Gasteiger charge is 2.37. The van der Waals surface area contributed by atoms with E-state index in [2.05, 4.69) is 5.32 Å². The number of thiophene rings is 1. The van der Waals surface area contributed by atoms with Crippen molar-refractivity contribution < 1.29 is 23.1 Å². The van der Waals surface area contributed by atoms with Gasteiger partial charge in [0.1, 0.15) is 0 Å². The number of sulfonamides is 1. The number of aliphatic hydroxyl groups is 1. The Morgan fingerprint density at radius 1 is 1.43 bits per heavy atom. The molecule has 128 valence electrons. The summed E-state index contributed by atoms with van der Waals surface area (Å²) in [6.45, 7) is 2.03. The first-order valence-corrected chi connectivity index (χ1v) is 9.70. The van der Waals surface area contributed by atoms with Crippen LogP contribution in [0.2, 0.25) is 0 Å². The van der Waals surface area contributed by atoms with Crippen LogP contribution in [0.3, 0.4) is 0 Å². The molecule has 2 rings (SSSR count). The number of urea groups is 2. The van der Waals surface area contributed by atoms with Crippen LogP contribution in [0.15, 0.2) is 12.1 Å². The van der Waals surface area contributed by atoms with Crippen molar-refractivity contribution in [2.24, 2.45) is 0 Å². The maximum absolute atomic E-state index is 12.0. The van der Waals surface area contributed by atoms with Gasteiger partial charge < -0.3 is 10.4 Å². The van der Waals surface area contributed by atoms with Crippen molar-refractivity contribution in [1.82, 2.24) is 14.5 Å². The Bertz CT molecular complexity index is 698. The molecular formula is C13H19N3O5S2. The highest BCUT2D eigenvalue weighted by molar-refractivity contribution is 7.88. The van der Waals surface area contributed by atoms with Gasteiger partial charge in [-0.3, -0.25) is 0 Å². The first kappa shape index (κ1) is 17.7. The van der Waals surface area contributed by atoms with E-state index < -0.39 is 28.2 Å². The third-order valence-corrected chi connectivity index (χ3v) is 5.81. The van der Waals surface area contributed by atoms with Gasteiger partial charge in [-0.15, -0.1) is 11.3 Å². The minimum atomic E-state index is -3.65. The van der Waals surface area contributed by atoms with Crippen molar-refractivity contribution >= 4 is 33.4 Å². The number of nitrogens with one attached hydrogen (secondary N) is 1. The van der Waals surface area contributed by atoms with Gasteiger partial charge in [0.25, 0.3) is 0 Å². The van der Waals surface area contributed by atoms with Crippen LogP contribution in [0.25, 0.3) is 0 Å². The fraction of sp³-hybridized carbons (Fsp3) is 0.538. The van der Waals surface area contributed by atoms with Crippen LogP contribution in [0.1, 0.15) is 22.8 Å². The zero-order valence-electron chi connectivity index (χ0n) is 12.9. The SMILES string of the molecule is C[C@@H](O)c1ccc(CCNC(=O)N2CCN(S(C)(=O)=O)C2=O)s1. The van der Waals surface area contributed by atoms with E-state index in [1.165, 1.54) is 11.3 Å². The monoisotopic (exact) mass is 361 g/mol. The lowest BCUT2D eigenvalue weighted by Crippen LogP contribution is -2.44. The highest BCUT2D eigenvalue weighted by atomic mass is 32.2. The molecule has 0 aromatic carbocycles. The van der Waals surface area contributed by atoms with Gasteiger partial charge in [0.05, 0.1) is 25.4 Å². The topological polar surface area (TPSA) is 107 Å². The van der Waals surface area contributed by atoms with Crippen molar-refractivity contribution in [3.63, 3.8) is 0 Å². The smallest absolute Gasteiger partial charge is 0.341 e. The molecule has 10 heteroatoms. The molecule has 1 atom stereocenters. The summed E-state index contributed by atoms with van der Waals surface area (Å²) >= 11 is 1.46. The number of imide groups is 1. The van der Waals surface area contributed by atoms with Crippen LogP contribution in [-0.2, 0) is 16.4 Å². The molecule has 23 heavy (non-hydrogen) atoms. The van der Waals surface area contributed by atoms with Crippen molar-refractivity contribution in [2.45, 2.75) is 19.4 Å². The molecule has 2 N–H and O–H groups in total. The molecule has 0 saturated carbocycles. The average Bonchev–Trinajstić information content (AvgIpc) is 3.04. The summed E-state index contributed by atoms with van der Waals surface area (Å²) in [4.78, 5) is 26.6. The molecule has 0 unspecified atom stereocenters. The zero-order chi connectivity index (χ0) is 17.2. The van der Waals surface area contributed by atoms with E-state index in [-0.39, 0.29) is 13.1 Å². The number of amides is 4. The molecule has 1 saturated heterocycles. The van der Waals surface area contributed by atoms with Crippen LogP contribution in [0.4, 0.5) is 9.59 Å². The van der Waals surface area contributed by atoms with Gasteiger partial charge in [-0.25, -0.2) is 27.2 Å². The van der Waals surface area contributed by atoms with E-state index >= 15 is 0 Å². The van der Waals surface area contributed by atoms with Gasteiger partial charge in [-0.1, -0.05) is 0 Å². The molecule has 2 heterocycles. The molecule has 0 spiro atoms. The molecule has 0 aliphatic carbocycles.